The van der Waals surface area contributed by atoms with E-state index in [9.17, 15) is 9.18 Å². The van der Waals surface area contributed by atoms with Gasteiger partial charge in [0.1, 0.15) is 5.82 Å². The zero-order valence-corrected chi connectivity index (χ0v) is 15.5. The van der Waals surface area contributed by atoms with E-state index < -0.39 is 5.41 Å². The van der Waals surface area contributed by atoms with Crippen molar-refractivity contribution in [2.45, 2.75) is 28.9 Å². The van der Waals surface area contributed by atoms with Gasteiger partial charge in [-0.1, -0.05) is 18.2 Å². The predicted octanol–water partition coefficient (Wildman–Crippen LogP) is 5.18. The van der Waals surface area contributed by atoms with Crippen LogP contribution in [0, 0.1) is 5.82 Å². The van der Waals surface area contributed by atoms with Gasteiger partial charge in [-0.15, -0.1) is 11.8 Å². The molecule has 1 heterocycles. The molecule has 2 aromatic carbocycles. The Bertz CT molecular complexity index is 923. The summed E-state index contributed by atoms with van der Waals surface area (Å²) in [5, 5.41) is 3.01. The van der Waals surface area contributed by atoms with Gasteiger partial charge in [0.05, 0.1) is 5.41 Å². The molecule has 3 aromatic rings. The molecule has 1 N–H and O–H groups in total. The van der Waals surface area contributed by atoms with E-state index in [4.69, 9.17) is 0 Å². The second-order valence-electron chi connectivity index (χ2n) is 6.72. The molecule has 0 aliphatic heterocycles. The minimum Gasteiger partial charge on any atom is -0.325 e. The van der Waals surface area contributed by atoms with Gasteiger partial charge in [0, 0.05) is 28.7 Å². The molecule has 0 saturated heterocycles. The van der Waals surface area contributed by atoms with Crippen LogP contribution in [-0.4, -0.2) is 10.9 Å². The third-order valence-corrected chi connectivity index (χ3v) is 5.91. The average Bonchev–Trinajstić information content (AvgIpc) is 3.51. The number of halogens is 1. The highest BCUT2D eigenvalue weighted by atomic mass is 32.2. The van der Waals surface area contributed by atoms with E-state index in [1.165, 1.54) is 17.7 Å². The standard InChI is InChI=1S/C22H19FN2OS/c23-18-5-3-17(4-6-18)22(11-12-22)21(26)25-19-7-9-20(10-8-19)27-15-16-2-1-13-24-14-16/h1-10,13-14H,11-12,15H2,(H,25,26). The van der Waals surface area contributed by atoms with Crippen LogP contribution in [0.3, 0.4) is 0 Å². The molecule has 0 bridgehead atoms. The highest BCUT2D eigenvalue weighted by Crippen LogP contribution is 2.49. The van der Waals surface area contributed by atoms with Gasteiger partial charge in [-0.2, -0.15) is 0 Å². The second-order valence-corrected chi connectivity index (χ2v) is 7.77. The van der Waals surface area contributed by atoms with Crippen molar-refractivity contribution in [3.63, 3.8) is 0 Å². The number of benzene rings is 2. The Morgan fingerprint density at radius 1 is 1.07 bits per heavy atom. The molecule has 3 nitrogen and oxygen atoms in total. The van der Waals surface area contributed by atoms with Crippen LogP contribution in [0.25, 0.3) is 0 Å². The lowest BCUT2D eigenvalue weighted by Crippen LogP contribution is -2.27. The Kier molecular flexibility index (Phi) is 4.94. The lowest BCUT2D eigenvalue weighted by molar-refractivity contribution is -0.118. The van der Waals surface area contributed by atoms with Crippen LogP contribution in [-0.2, 0) is 16.0 Å². The van der Waals surface area contributed by atoms with Gasteiger partial charge in [-0.25, -0.2) is 4.39 Å². The Labute approximate surface area is 162 Å². The van der Waals surface area contributed by atoms with Crippen molar-refractivity contribution in [2.75, 3.05) is 5.32 Å². The number of nitrogens with zero attached hydrogens (tertiary/aromatic N) is 1. The fourth-order valence-electron chi connectivity index (χ4n) is 3.08. The molecule has 1 aliphatic carbocycles. The van der Waals surface area contributed by atoms with Gasteiger partial charge in [-0.3, -0.25) is 9.78 Å². The van der Waals surface area contributed by atoms with Gasteiger partial charge in [0.15, 0.2) is 0 Å². The molecule has 1 amide bonds. The number of nitrogens with one attached hydrogen (secondary N) is 1. The lowest BCUT2D eigenvalue weighted by atomic mass is 9.95. The fourth-order valence-corrected chi connectivity index (χ4v) is 3.91. The first-order chi connectivity index (χ1) is 13.2. The van der Waals surface area contributed by atoms with Crippen LogP contribution >= 0.6 is 11.8 Å². The van der Waals surface area contributed by atoms with Crippen molar-refractivity contribution >= 4 is 23.4 Å². The Balaban J connectivity index is 1.38. The maximum Gasteiger partial charge on any atom is 0.235 e. The Morgan fingerprint density at radius 2 is 1.81 bits per heavy atom. The summed E-state index contributed by atoms with van der Waals surface area (Å²) in [6, 6.07) is 18.1. The van der Waals surface area contributed by atoms with Crippen molar-refractivity contribution in [3.8, 4) is 0 Å². The van der Waals surface area contributed by atoms with Gasteiger partial charge in [0.25, 0.3) is 0 Å². The summed E-state index contributed by atoms with van der Waals surface area (Å²) in [6.07, 6.45) is 5.23. The molecule has 0 atom stereocenters. The van der Waals surface area contributed by atoms with Crippen LogP contribution in [0.4, 0.5) is 10.1 Å². The van der Waals surface area contributed by atoms with Gasteiger partial charge >= 0.3 is 0 Å². The molecular formula is C22H19FN2OS. The summed E-state index contributed by atoms with van der Waals surface area (Å²) in [4.78, 5) is 18.0. The largest absolute Gasteiger partial charge is 0.325 e. The highest BCUT2D eigenvalue weighted by molar-refractivity contribution is 7.98. The summed E-state index contributed by atoms with van der Waals surface area (Å²) in [5.41, 5.74) is 2.32. The van der Waals surface area contributed by atoms with Crippen molar-refractivity contribution in [3.05, 3.63) is 90.0 Å². The lowest BCUT2D eigenvalue weighted by Gasteiger charge is -2.16. The number of hydrogen-bond acceptors (Lipinski definition) is 3. The number of carbonyl (C=O) groups is 1. The maximum atomic E-state index is 13.1. The first-order valence-electron chi connectivity index (χ1n) is 8.85. The number of hydrogen-bond donors (Lipinski definition) is 1. The number of carbonyl (C=O) groups excluding carboxylic acids is 1. The maximum absolute atomic E-state index is 13.1. The van der Waals surface area contributed by atoms with Crippen molar-refractivity contribution in [2.24, 2.45) is 0 Å². The van der Waals surface area contributed by atoms with Crippen LogP contribution in [0.2, 0.25) is 0 Å². The molecule has 0 radical (unpaired) electrons. The molecule has 136 valence electrons. The Hall–Kier alpha value is -2.66. The predicted molar refractivity (Wildman–Crippen MR) is 106 cm³/mol. The first-order valence-corrected chi connectivity index (χ1v) is 9.84. The van der Waals surface area contributed by atoms with Gasteiger partial charge < -0.3 is 5.32 Å². The van der Waals surface area contributed by atoms with Gasteiger partial charge in [-0.05, 0) is 66.4 Å². The van der Waals surface area contributed by atoms with Crippen LogP contribution in [0.1, 0.15) is 24.0 Å². The highest BCUT2D eigenvalue weighted by Gasteiger charge is 2.51. The number of amides is 1. The molecule has 1 saturated carbocycles. The summed E-state index contributed by atoms with van der Waals surface area (Å²) >= 11 is 1.73. The fraction of sp³-hybridized carbons (Fsp3) is 0.182. The molecule has 1 aromatic heterocycles. The number of aromatic nitrogens is 1. The monoisotopic (exact) mass is 378 g/mol. The summed E-state index contributed by atoms with van der Waals surface area (Å²) in [7, 11) is 0. The number of rotatable bonds is 6. The quantitative estimate of drug-likeness (QED) is 0.601. The third kappa shape index (κ3) is 4.03. The smallest absolute Gasteiger partial charge is 0.235 e. The van der Waals surface area contributed by atoms with E-state index in [-0.39, 0.29) is 11.7 Å². The van der Waals surface area contributed by atoms with Crippen LogP contribution < -0.4 is 5.32 Å². The molecule has 0 unspecified atom stereocenters. The van der Waals surface area contributed by atoms with E-state index in [1.54, 1.807) is 30.1 Å². The zero-order valence-electron chi connectivity index (χ0n) is 14.7. The minimum atomic E-state index is -0.512. The van der Waals surface area contributed by atoms with Crippen LogP contribution in [0.5, 0.6) is 0 Å². The molecular weight excluding hydrogens is 359 g/mol. The molecule has 1 aliphatic rings. The molecule has 27 heavy (non-hydrogen) atoms. The molecule has 0 spiro atoms. The van der Waals surface area contributed by atoms with E-state index in [0.29, 0.717) is 0 Å². The second kappa shape index (κ2) is 7.53. The number of pyridine rings is 1. The minimum absolute atomic E-state index is 0.0233. The van der Waals surface area contributed by atoms with E-state index in [0.717, 1.165) is 34.7 Å². The average molecular weight is 378 g/mol. The molecule has 4 rings (SSSR count). The first kappa shape index (κ1) is 17.7. The van der Waals surface area contributed by atoms with Crippen molar-refractivity contribution in [1.82, 2.24) is 4.98 Å². The van der Waals surface area contributed by atoms with Crippen LogP contribution in [0.15, 0.2) is 78.0 Å². The van der Waals surface area contributed by atoms with Crippen molar-refractivity contribution in [1.29, 1.82) is 0 Å². The third-order valence-electron chi connectivity index (χ3n) is 4.82. The summed E-state index contributed by atoms with van der Waals surface area (Å²) in [5.74, 6) is 0.548. The Morgan fingerprint density at radius 3 is 2.44 bits per heavy atom. The van der Waals surface area contributed by atoms with E-state index >= 15 is 0 Å². The number of anilines is 1. The normalized spacial score (nSPS) is 14.6. The van der Waals surface area contributed by atoms with E-state index in [2.05, 4.69) is 16.4 Å². The topological polar surface area (TPSA) is 42.0 Å². The van der Waals surface area contributed by atoms with Gasteiger partial charge in [0.2, 0.25) is 5.91 Å². The zero-order chi connectivity index (χ0) is 18.7. The summed E-state index contributed by atoms with van der Waals surface area (Å²) < 4.78 is 13.1. The molecule has 1 fully saturated rings. The molecule has 5 heteroatoms. The SMILES string of the molecule is O=C(Nc1ccc(SCc2cccnc2)cc1)C1(c2ccc(F)cc2)CC1. The van der Waals surface area contributed by atoms with Crippen molar-refractivity contribution < 1.29 is 9.18 Å². The number of thioether (sulfide) groups is 1. The van der Waals surface area contributed by atoms with E-state index in [1.807, 2.05) is 36.5 Å². The summed E-state index contributed by atoms with van der Waals surface area (Å²) in [6.45, 7) is 0.